The van der Waals surface area contributed by atoms with Crippen LogP contribution >= 0.6 is 12.2 Å². The summed E-state index contributed by atoms with van der Waals surface area (Å²) in [5.74, 6) is 0.488. The van der Waals surface area contributed by atoms with Gasteiger partial charge in [0.2, 0.25) is 0 Å². The van der Waals surface area contributed by atoms with Gasteiger partial charge in [-0.2, -0.15) is 18.4 Å². The first-order valence-electron chi connectivity index (χ1n) is 13.1. The number of rotatable bonds is 8. The Bertz CT molecular complexity index is 1090. The zero-order valence-corrected chi connectivity index (χ0v) is 22.3. The van der Waals surface area contributed by atoms with Gasteiger partial charge >= 0.3 is 6.18 Å². The molecule has 2 saturated heterocycles. The molecule has 0 amide bonds. The third-order valence-electron chi connectivity index (χ3n) is 7.63. The van der Waals surface area contributed by atoms with Crippen LogP contribution in [0.2, 0.25) is 0 Å². The average molecular weight is 545 g/mol. The molecule has 0 radical (unpaired) electrons. The lowest BCUT2D eigenvalue weighted by molar-refractivity contribution is -0.137. The number of benzene rings is 2. The van der Waals surface area contributed by atoms with Crippen LogP contribution in [0.4, 0.5) is 24.5 Å². The van der Waals surface area contributed by atoms with Crippen molar-refractivity contribution >= 4 is 28.5 Å². The predicted molar refractivity (Wildman–Crippen MR) is 154 cm³/mol. The molecular weight excluding hydrogens is 505 g/mol. The minimum absolute atomic E-state index is 0. The molecule has 0 N–H and O–H groups in total. The van der Waals surface area contributed by atoms with Gasteiger partial charge in [-0.15, -0.1) is 0 Å². The van der Waals surface area contributed by atoms with E-state index >= 15 is 0 Å². The molecule has 2 aromatic carbocycles. The van der Waals surface area contributed by atoms with Crippen molar-refractivity contribution in [2.24, 2.45) is 5.92 Å². The molecule has 38 heavy (non-hydrogen) atoms. The zero-order chi connectivity index (χ0) is 26.4. The Labute approximate surface area is 231 Å². The van der Waals surface area contributed by atoms with E-state index in [9.17, 15) is 13.2 Å². The number of anilines is 2. The molecule has 0 aromatic heterocycles. The lowest BCUT2D eigenvalue weighted by Crippen LogP contribution is -2.46. The van der Waals surface area contributed by atoms with E-state index in [0.29, 0.717) is 24.7 Å². The van der Waals surface area contributed by atoms with Crippen LogP contribution in [0.25, 0.3) is 0 Å². The van der Waals surface area contributed by atoms with Crippen LogP contribution in [0, 0.1) is 24.2 Å². The Hall–Kier alpha value is -2.63. The van der Waals surface area contributed by atoms with Crippen LogP contribution in [0.1, 0.15) is 56.2 Å². The molecule has 0 spiro atoms. The van der Waals surface area contributed by atoms with E-state index in [-0.39, 0.29) is 13.0 Å². The first-order valence-corrected chi connectivity index (χ1v) is 13.6. The molecule has 2 fully saturated rings. The quantitative estimate of drug-likeness (QED) is 0.331. The highest BCUT2D eigenvalue weighted by Crippen LogP contribution is 2.35. The topological polar surface area (TPSA) is 33.5 Å². The normalized spacial score (nSPS) is 17.1. The number of piperidine rings is 1. The number of alkyl halides is 3. The zero-order valence-electron chi connectivity index (χ0n) is 21.4. The molecule has 0 saturated carbocycles. The number of aryl methyl sites for hydroxylation is 1. The summed E-state index contributed by atoms with van der Waals surface area (Å²) in [6, 6.07) is 14.4. The predicted octanol–water partition coefficient (Wildman–Crippen LogP) is 7.10. The van der Waals surface area contributed by atoms with Crippen LogP contribution in [0.5, 0.6) is 0 Å². The fourth-order valence-electron chi connectivity index (χ4n) is 5.37. The van der Waals surface area contributed by atoms with Crippen LogP contribution in [-0.4, -0.2) is 55.6 Å². The fourth-order valence-corrected chi connectivity index (χ4v) is 5.75. The third kappa shape index (κ3) is 7.94. The fraction of sp³-hybridized carbons (Fsp3) is 0.533. The van der Waals surface area contributed by atoms with Crippen LogP contribution < -0.4 is 9.80 Å². The summed E-state index contributed by atoms with van der Waals surface area (Å²) in [4.78, 5) is 8.09. The van der Waals surface area contributed by atoms with E-state index in [4.69, 9.17) is 17.5 Å². The summed E-state index contributed by atoms with van der Waals surface area (Å²) < 4.78 is 40.0. The van der Waals surface area contributed by atoms with Crippen molar-refractivity contribution < 1.29 is 13.2 Å². The second-order valence-electron chi connectivity index (χ2n) is 10.3. The summed E-state index contributed by atoms with van der Waals surface area (Å²) in [7, 11) is 0. The lowest BCUT2D eigenvalue weighted by atomic mass is 9.90. The van der Waals surface area contributed by atoms with E-state index in [2.05, 4.69) is 41.0 Å². The van der Waals surface area contributed by atoms with Crippen molar-refractivity contribution in [2.45, 2.75) is 52.6 Å². The van der Waals surface area contributed by atoms with Gasteiger partial charge in [0.05, 0.1) is 17.2 Å². The van der Waals surface area contributed by atoms with Gasteiger partial charge in [0.1, 0.15) is 0 Å². The highest BCUT2D eigenvalue weighted by molar-refractivity contribution is 7.80. The maximum Gasteiger partial charge on any atom is 0.417 e. The van der Waals surface area contributed by atoms with Crippen LogP contribution in [0.3, 0.4) is 0 Å². The van der Waals surface area contributed by atoms with Gasteiger partial charge in [0, 0.05) is 50.6 Å². The Kier molecular flexibility index (Phi) is 10.6. The minimum atomic E-state index is -4.53. The molecule has 4 nitrogen and oxygen atoms in total. The molecule has 0 unspecified atom stereocenters. The van der Waals surface area contributed by atoms with Gasteiger partial charge in [-0.25, -0.2) is 0 Å². The van der Waals surface area contributed by atoms with Gasteiger partial charge in [0.25, 0.3) is 0 Å². The number of halogens is 3. The SMILES string of the molecule is C.Cc1ccc(N2CCN(CCCC(=S)CC3CCN(c4ccc(C#N)c(C(F)(F)F)c4)CC3)CC2)cc1. The van der Waals surface area contributed by atoms with Crippen molar-refractivity contribution in [3.63, 3.8) is 0 Å². The molecule has 2 aliphatic heterocycles. The van der Waals surface area contributed by atoms with Gasteiger partial charge in [0.15, 0.2) is 0 Å². The highest BCUT2D eigenvalue weighted by Gasteiger charge is 2.34. The lowest BCUT2D eigenvalue weighted by Gasteiger charge is -2.36. The van der Waals surface area contributed by atoms with Gasteiger partial charge < -0.3 is 9.80 Å². The smallest absolute Gasteiger partial charge is 0.372 e. The molecule has 206 valence electrons. The van der Waals surface area contributed by atoms with Crippen molar-refractivity contribution in [3.05, 3.63) is 59.2 Å². The Morgan fingerprint density at radius 3 is 2.16 bits per heavy atom. The summed E-state index contributed by atoms with van der Waals surface area (Å²) in [6.07, 6.45) is 0.267. The summed E-state index contributed by atoms with van der Waals surface area (Å²) in [5.41, 5.74) is 1.94. The maximum absolute atomic E-state index is 13.3. The molecular formula is C30H39F3N4S. The second-order valence-corrected chi connectivity index (χ2v) is 10.9. The Balaban J connectivity index is 0.00000400. The molecule has 2 heterocycles. The average Bonchev–Trinajstić information content (AvgIpc) is 2.89. The second kappa shape index (κ2) is 13.4. The molecule has 0 atom stereocenters. The third-order valence-corrected chi connectivity index (χ3v) is 8.00. The molecule has 2 aromatic rings. The molecule has 4 rings (SSSR count). The van der Waals surface area contributed by atoms with Crippen molar-refractivity contribution in [3.8, 4) is 6.07 Å². The number of nitrogens with zero attached hydrogens (tertiary/aromatic N) is 4. The summed E-state index contributed by atoms with van der Waals surface area (Å²) >= 11 is 5.71. The highest BCUT2D eigenvalue weighted by atomic mass is 32.1. The van der Waals surface area contributed by atoms with Gasteiger partial charge in [-0.05, 0) is 86.7 Å². The molecule has 0 aliphatic carbocycles. The van der Waals surface area contributed by atoms with E-state index in [0.717, 1.165) is 75.8 Å². The van der Waals surface area contributed by atoms with Crippen molar-refractivity contribution in [2.75, 3.05) is 55.6 Å². The van der Waals surface area contributed by atoms with E-state index < -0.39 is 11.7 Å². The van der Waals surface area contributed by atoms with Crippen LogP contribution in [-0.2, 0) is 6.18 Å². The standard InChI is InChI=1S/C29H35F3N4S.CH4/c1-22-4-7-25(8-5-22)36-17-15-34(16-18-36)12-2-3-27(37)19-23-10-13-35(14-11-23)26-9-6-24(21-33)28(20-26)29(30,31)32;/h4-9,20,23H,2-3,10-19H2,1H3;1H4. The number of hydrogen-bond donors (Lipinski definition) is 0. The van der Waals surface area contributed by atoms with Gasteiger partial charge in [-0.1, -0.05) is 37.3 Å². The first kappa shape index (κ1) is 29.9. The largest absolute Gasteiger partial charge is 0.417 e. The molecule has 2 aliphatic rings. The number of nitriles is 1. The Morgan fingerprint density at radius 1 is 0.947 bits per heavy atom. The number of hydrogen-bond acceptors (Lipinski definition) is 5. The molecule has 8 heteroatoms. The maximum atomic E-state index is 13.3. The minimum Gasteiger partial charge on any atom is -0.372 e. The number of piperazine rings is 1. The van der Waals surface area contributed by atoms with Crippen molar-refractivity contribution in [1.82, 2.24) is 4.90 Å². The Morgan fingerprint density at radius 2 is 1.55 bits per heavy atom. The van der Waals surface area contributed by atoms with Crippen LogP contribution in [0.15, 0.2) is 42.5 Å². The molecule has 0 bridgehead atoms. The summed E-state index contributed by atoms with van der Waals surface area (Å²) in [6.45, 7) is 8.85. The van der Waals surface area contributed by atoms with Crippen molar-refractivity contribution in [1.29, 1.82) is 5.26 Å². The number of thiocarbonyl (C=S) groups is 1. The van der Waals surface area contributed by atoms with E-state index in [1.165, 1.54) is 17.3 Å². The summed E-state index contributed by atoms with van der Waals surface area (Å²) in [5, 5.41) is 9.02. The van der Waals surface area contributed by atoms with Gasteiger partial charge in [-0.3, -0.25) is 4.90 Å². The monoisotopic (exact) mass is 544 g/mol. The first-order chi connectivity index (χ1) is 17.7. The van der Waals surface area contributed by atoms with E-state index in [1.807, 2.05) is 4.90 Å². The van der Waals surface area contributed by atoms with E-state index in [1.54, 1.807) is 12.1 Å².